The maximum atomic E-state index is 13.3. The number of rotatable bonds is 6. The van der Waals surface area contributed by atoms with Crippen LogP contribution >= 0.6 is 0 Å². The summed E-state index contributed by atoms with van der Waals surface area (Å²) < 4.78 is 26.6. The summed E-state index contributed by atoms with van der Waals surface area (Å²) in [6.07, 6.45) is 0. The third-order valence-electron chi connectivity index (χ3n) is 5.07. The zero-order valence-corrected chi connectivity index (χ0v) is 18.5. The Morgan fingerprint density at radius 2 is 1.66 bits per heavy atom. The molecule has 0 aliphatic carbocycles. The van der Waals surface area contributed by atoms with Gasteiger partial charge in [-0.1, -0.05) is 32.0 Å². The maximum Gasteiger partial charge on any atom is 0.269 e. The van der Waals surface area contributed by atoms with Crippen molar-refractivity contribution in [2.24, 2.45) is 0 Å². The summed E-state index contributed by atoms with van der Waals surface area (Å²) in [6, 6.07) is 14.3. The normalized spacial score (nSPS) is 11.4. The van der Waals surface area contributed by atoms with Crippen LogP contribution in [-0.4, -0.2) is 24.4 Å². The van der Waals surface area contributed by atoms with E-state index < -0.39 is 20.7 Å². The van der Waals surface area contributed by atoms with Crippen LogP contribution < -0.4 is 5.32 Å². The number of hydrogen-bond acceptors (Lipinski definition) is 6. The third kappa shape index (κ3) is 4.33. The molecule has 32 heavy (non-hydrogen) atoms. The average Bonchev–Trinajstić information content (AvgIpc) is 2.76. The minimum absolute atomic E-state index is 0.0203. The van der Waals surface area contributed by atoms with E-state index in [9.17, 15) is 28.4 Å². The van der Waals surface area contributed by atoms with Crippen molar-refractivity contribution in [3.8, 4) is 5.75 Å². The molecule has 0 saturated heterocycles. The number of sulfone groups is 1. The molecule has 3 rings (SSSR count). The summed E-state index contributed by atoms with van der Waals surface area (Å²) in [7, 11) is -4.07. The van der Waals surface area contributed by atoms with Crippen molar-refractivity contribution >= 4 is 27.1 Å². The molecule has 8 nitrogen and oxygen atoms in total. The van der Waals surface area contributed by atoms with Gasteiger partial charge in [0.25, 0.3) is 11.6 Å². The van der Waals surface area contributed by atoms with Crippen LogP contribution in [-0.2, 0) is 9.84 Å². The van der Waals surface area contributed by atoms with Gasteiger partial charge in [0.05, 0.1) is 9.82 Å². The van der Waals surface area contributed by atoms with Crippen molar-refractivity contribution in [2.75, 3.05) is 5.32 Å². The Morgan fingerprint density at radius 3 is 2.19 bits per heavy atom. The van der Waals surface area contributed by atoms with Gasteiger partial charge >= 0.3 is 0 Å². The van der Waals surface area contributed by atoms with Crippen LogP contribution in [0.15, 0.2) is 70.5 Å². The summed E-state index contributed by atoms with van der Waals surface area (Å²) in [5.74, 6) is -1.14. The molecule has 1 amide bonds. The number of nitrogens with zero attached hydrogens (tertiary/aromatic N) is 1. The summed E-state index contributed by atoms with van der Waals surface area (Å²) in [6.45, 7) is 5.10. The van der Waals surface area contributed by atoms with Gasteiger partial charge in [-0.15, -0.1) is 0 Å². The molecule has 0 aromatic heterocycles. The number of non-ortho nitro benzene ring substituents is 1. The van der Waals surface area contributed by atoms with Crippen molar-refractivity contribution in [3.63, 3.8) is 0 Å². The van der Waals surface area contributed by atoms with Crippen molar-refractivity contribution in [1.82, 2.24) is 0 Å². The number of phenolic OH excluding ortho intramolecular Hbond substituents is 1. The Morgan fingerprint density at radius 1 is 1.06 bits per heavy atom. The molecule has 0 aliphatic heterocycles. The van der Waals surface area contributed by atoms with Crippen LogP contribution in [0.4, 0.5) is 11.4 Å². The molecular weight excluding hydrogens is 432 g/mol. The van der Waals surface area contributed by atoms with Crippen LogP contribution in [0.3, 0.4) is 0 Å². The van der Waals surface area contributed by atoms with Crippen molar-refractivity contribution in [3.05, 3.63) is 87.5 Å². The highest BCUT2D eigenvalue weighted by Crippen LogP contribution is 2.41. The predicted molar refractivity (Wildman–Crippen MR) is 120 cm³/mol. The summed E-state index contributed by atoms with van der Waals surface area (Å²) in [5.41, 5.74) is 0.793. The Labute approximate surface area is 185 Å². The number of anilines is 1. The molecule has 3 aromatic carbocycles. The molecule has 0 heterocycles. The topological polar surface area (TPSA) is 127 Å². The van der Waals surface area contributed by atoms with Gasteiger partial charge in [0.2, 0.25) is 9.84 Å². The van der Waals surface area contributed by atoms with E-state index in [1.165, 1.54) is 43.3 Å². The van der Waals surface area contributed by atoms with E-state index in [1.807, 2.05) is 0 Å². The highest BCUT2D eigenvalue weighted by molar-refractivity contribution is 7.91. The number of phenols is 1. The summed E-state index contributed by atoms with van der Waals surface area (Å²) in [5, 5.41) is 24.3. The minimum atomic E-state index is -4.07. The molecule has 0 fully saturated rings. The monoisotopic (exact) mass is 454 g/mol. The van der Waals surface area contributed by atoms with Gasteiger partial charge in [0.1, 0.15) is 10.6 Å². The molecule has 0 aliphatic rings. The SMILES string of the molecule is Cc1c(NC(=O)c2ccc([N+](=O)[O-])cc2)cc(C(C)C)c(O)c1S(=O)(=O)c1ccccc1. The summed E-state index contributed by atoms with van der Waals surface area (Å²) >= 11 is 0. The second kappa shape index (κ2) is 8.80. The maximum absolute atomic E-state index is 13.3. The molecule has 0 atom stereocenters. The van der Waals surface area contributed by atoms with Crippen molar-refractivity contribution < 1.29 is 23.2 Å². The first-order chi connectivity index (χ1) is 15.0. The van der Waals surface area contributed by atoms with Gasteiger partial charge in [0, 0.05) is 23.4 Å². The largest absolute Gasteiger partial charge is 0.506 e. The number of aromatic hydroxyl groups is 1. The van der Waals surface area contributed by atoms with Crippen molar-refractivity contribution in [1.29, 1.82) is 0 Å². The summed E-state index contributed by atoms with van der Waals surface area (Å²) in [4.78, 5) is 22.8. The lowest BCUT2D eigenvalue weighted by molar-refractivity contribution is -0.384. The predicted octanol–water partition coefficient (Wildman–Crippen LogP) is 4.82. The van der Waals surface area contributed by atoms with Crippen LogP contribution in [0.2, 0.25) is 0 Å². The fourth-order valence-corrected chi connectivity index (χ4v) is 4.94. The van der Waals surface area contributed by atoms with Gasteiger partial charge in [-0.25, -0.2) is 8.42 Å². The van der Waals surface area contributed by atoms with Gasteiger partial charge < -0.3 is 10.4 Å². The second-order valence-corrected chi connectivity index (χ2v) is 9.43. The van der Waals surface area contributed by atoms with Gasteiger partial charge in [-0.3, -0.25) is 14.9 Å². The molecule has 0 unspecified atom stereocenters. The fourth-order valence-electron chi connectivity index (χ4n) is 3.31. The standard InChI is InChI=1S/C23H22N2O6S/c1-14(2)19-13-20(24-23(27)16-9-11-17(12-10-16)25(28)29)15(3)22(21(19)26)32(30,31)18-7-5-4-6-8-18/h4-14,26H,1-3H3,(H,24,27). The number of carbonyl (C=O) groups is 1. The Balaban J connectivity index is 2.11. The molecule has 0 bridgehead atoms. The van der Waals surface area contributed by atoms with E-state index >= 15 is 0 Å². The second-order valence-electron chi connectivity index (χ2n) is 7.55. The molecule has 2 N–H and O–H groups in total. The van der Waals surface area contributed by atoms with E-state index in [2.05, 4.69) is 5.32 Å². The molecule has 0 saturated carbocycles. The highest BCUT2D eigenvalue weighted by atomic mass is 32.2. The zero-order valence-electron chi connectivity index (χ0n) is 17.7. The zero-order chi connectivity index (χ0) is 23.6. The van der Waals surface area contributed by atoms with Gasteiger partial charge in [0.15, 0.2) is 0 Å². The highest BCUT2D eigenvalue weighted by Gasteiger charge is 2.29. The van der Waals surface area contributed by atoms with E-state index in [4.69, 9.17) is 0 Å². The lowest BCUT2D eigenvalue weighted by atomic mass is 9.99. The smallest absolute Gasteiger partial charge is 0.269 e. The molecule has 166 valence electrons. The molecular formula is C23H22N2O6S. The number of nitrogens with one attached hydrogen (secondary N) is 1. The first-order valence-corrected chi connectivity index (χ1v) is 11.2. The van der Waals surface area contributed by atoms with Crippen LogP contribution in [0, 0.1) is 17.0 Å². The van der Waals surface area contributed by atoms with Gasteiger partial charge in [-0.05, 0) is 54.3 Å². The fraction of sp³-hybridized carbons (Fsp3) is 0.174. The number of hydrogen-bond donors (Lipinski definition) is 2. The number of carbonyl (C=O) groups excluding carboxylic acids is 1. The van der Waals surface area contributed by atoms with Crippen LogP contribution in [0.5, 0.6) is 5.75 Å². The first kappa shape index (κ1) is 23.0. The number of amides is 1. The van der Waals surface area contributed by atoms with Crippen LogP contribution in [0.1, 0.15) is 41.3 Å². The first-order valence-electron chi connectivity index (χ1n) is 9.76. The Kier molecular flexibility index (Phi) is 6.31. The Hall–Kier alpha value is -3.72. The van der Waals surface area contributed by atoms with E-state index in [1.54, 1.807) is 38.1 Å². The molecule has 0 radical (unpaired) electrons. The van der Waals surface area contributed by atoms with E-state index in [0.29, 0.717) is 5.56 Å². The lowest BCUT2D eigenvalue weighted by Gasteiger charge is -2.19. The lowest BCUT2D eigenvalue weighted by Crippen LogP contribution is -2.15. The Bertz CT molecular complexity index is 1280. The number of nitro benzene ring substituents is 1. The number of nitro groups is 1. The quantitative estimate of drug-likeness (QED) is 0.312. The third-order valence-corrected chi connectivity index (χ3v) is 7.00. The minimum Gasteiger partial charge on any atom is -0.506 e. The average molecular weight is 455 g/mol. The van der Waals surface area contributed by atoms with Crippen molar-refractivity contribution in [2.45, 2.75) is 36.5 Å². The molecule has 0 spiro atoms. The number of benzene rings is 3. The molecule has 9 heteroatoms. The molecule has 3 aromatic rings. The van der Waals surface area contributed by atoms with E-state index in [-0.39, 0.29) is 44.0 Å². The van der Waals surface area contributed by atoms with Gasteiger partial charge in [-0.2, -0.15) is 0 Å². The van der Waals surface area contributed by atoms with E-state index in [0.717, 1.165) is 0 Å². The van der Waals surface area contributed by atoms with Crippen LogP contribution in [0.25, 0.3) is 0 Å².